The minimum atomic E-state index is -0.354. The van der Waals surface area contributed by atoms with Gasteiger partial charge in [0.05, 0.1) is 18.2 Å². The number of amides is 3. The molecular weight excluding hydrogens is 318 g/mol. The van der Waals surface area contributed by atoms with Crippen molar-refractivity contribution in [3.8, 4) is 0 Å². The summed E-state index contributed by atoms with van der Waals surface area (Å²) in [6.45, 7) is 7.56. The molecule has 6 heteroatoms. The summed E-state index contributed by atoms with van der Waals surface area (Å²) >= 11 is 0. The van der Waals surface area contributed by atoms with E-state index in [-0.39, 0.29) is 30.2 Å². The van der Waals surface area contributed by atoms with Crippen LogP contribution in [0.1, 0.15) is 33.6 Å². The Hall–Kier alpha value is -2.21. The van der Waals surface area contributed by atoms with Gasteiger partial charge in [0.1, 0.15) is 0 Å². The normalized spacial score (nSPS) is 27.6. The third-order valence-corrected chi connectivity index (χ3v) is 4.91. The number of rotatable bonds is 3. The summed E-state index contributed by atoms with van der Waals surface area (Å²) in [5.41, 5.74) is 1.20. The van der Waals surface area contributed by atoms with Gasteiger partial charge >= 0.3 is 0 Å². The van der Waals surface area contributed by atoms with Gasteiger partial charge in [0.25, 0.3) is 5.91 Å². The Kier molecular flexibility index (Phi) is 4.90. The Balaban J connectivity index is 1.76. The van der Waals surface area contributed by atoms with Crippen LogP contribution in [-0.2, 0) is 14.4 Å². The molecule has 0 aliphatic carbocycles. The van der Waals surface area contributed by atoms with Gasteiger partial charge < -0.3 is 5.32 Å². The van der Waals surface area contributed by atoms with E-state index in [1.165, 1.54) is 18.2 Å². The first-order chi connectivity index (χ1) is 11.8. The van der Waals surface area contributed by atoms with E-state index in [1.54, 1.807) is 24.3 Å². The molecule has 3 amide bonds. The number of hydrogen-bond donors (Lipinski definition) is 1. The maximum Gasteiger partial charge on any atom is 0.251 e. The number of nitrogens with one attached hydrogen (secondary N) is 1. The number of hydrogen-bond acceptors (Lipinski definition) is 4. The SMILES string of the molecule is CC(=O)Nc1ccc(N2C(=O)C[C@H](N3C[C@H](C)C[C@H](C)C3)C2=O)cc1. The van der Waals surface area contributed by atoms with Crippen LogP contribution in [0.15, 0.2) is 24.3 Å². The predicted molar refractivity (Wildman–Crippen MR) is 96.2 cm³/mol. The first-order valence-corrected chi connectivity index (χ1v) is 8.83. The fraction of sp³-hybridized carbons (Fsp3) is 0.526. The molecule has 2 saturated heterocycles. The van der Waals surface area contributed by atoms with Crippen molar-refractivity contribution in [3.63, 3.8) is 0 Å². The highest BCUT2D eigenvalue weighted by atomic mass is 16.2. The summed E-state index contributed by atoms with van der Waals surface area (Å²) in [6, 6.07) is 6.45. The van der Waals surface area contributed by atoms with E-state index >= 15 is 0 Å². The van der Waals surface area contributed by atoms with Gasteiger partial charge in [0, 0.05) is 25.7 Å². The van der Waals surface area contributed by atoms with Crippen molar-refractivity contribution in [2.24, 2.45) is 11.8 Å². The zero-order chi connectivity index (χ0) is 18.1. The van der Waals surface area contributed by atoms with E-state index in [4.69, 9.17) is 0 Å². The summed E-state index contributed by atoms with van der Waals surface area (Å²) in [5, 5.41) is 2.68. The lowest BCUT2D eigenvalue weighted by Gasteiger charge is -2.37. The lowest BCUT2D eigenvalue weighted by molar-refractivity contribution is -0.123. The second-order valence-electron chi connectivity index (χ2n) is 7.42. The summed E-state index contributed by atoms with van der Waals surface area (Å²) in [7, 11) is 0. The van der Waals surface area contributed by atoms with E-state index in [9.17, 15) is 14.4 Å². The number of benzene rings is 1. The van der Waals surface area contributed by atoms with Crippen molar-refractivity contribution in [1.29, 1.82) is 0 Å². The standard InChI is InChI=1S/C19H25N3O3/c1-12-8-13(2)11-21(10-12)17-9-18(24)22(19(17)25)16-6-4-15(5-7-16)20-14(3)23/h4-7,12-13,17H,8-11H2,1-3H3,(H,20,23)/t12-,13+,17-/m0/s1. The predicted octanol–water partition coefficient (Wildman–Crippen LogP) is 2.25. The Morgan fingerprint density at radius 1 is 1.08 bits per heavy atom. The van der Waals surface area contributed by atoms with Crippen LogP contribution in [0.5, 0.6) is 0 Å². The Labute approximate surface area is 148 Å². The third-order valence-electron chi connectivity index (χ3n) is 4.91. The third kappa shape index (κ3) is 3.74. The lowest BCUT2D eigenvalue weighted by Crippen LogP contribution is -2.48. The zero-order valence-corrected chi connectivity index (χ0v) is 15.0. The second kappa shape index (κ2) is 6.96. The van der Waals surface area contributed by atoms with Crippen LogP contribution in [0.25, 0.3) is 0 Å². The molecule has 1 aromatic carbocycles. The van der Waals surface area contributed by atoms with Gasteiger partial charge in [-0.1, -0.05) is 13.8 Å². The van der Waals surface area contributed by atoms with Crippen LogP contribution in [-0.4, -0.2) is 41.8 Å². The van der Waals surface area contributed by atoms with Gasteiger partial charge in [-0.25, -0.2) is 4.90 Å². The number of piperidine rings is 1. The van der Waals surface area contributed by atoms with Crippen LogP contribution < -0.4 is 10.2 Å². The van der Waals surface area contributed by atoms with Crippen LogP contribution in [0.4, 0.5) is 11.4 Å². The molecule has 25 heavy (non-hydrogen) atoms. The number of likely N-dealkylation sites (tertiary alicyclic amines) is 1. The molecule has 2 aliphatic heterocycles. The van der Waals surface area contributed by atoms with E-state index in [2.05, 4.69) is 24.1 Å². The Morgan fingerprint density at radius 2 is 1.68 bits per heavy atom. The highest BCUT2D eigenvalue weighted by Gasteiger charge is 2.44. The molecule has 0 unspecified atom stereocenters. The minimum Gasteiger partial charge on any atom is -0.326 e. The van der Waals surface area contributed by atoms with Crippen molar-refractivity contribution in [3.05, 3.63) is 24.3 Å². The smallest absolute Gasteiger partial charge is 0.251 e. The van der Waals surface area contributed by atoms with Gasteiger partial charge in [-0.15, -0.1) is 0 Å². The molecule has 0 bridgehead atoms. The fourth-order valence-corrected chi connectivity index (χ4v) is 4.04. The first kappa shape index (κ1) is 17.6. The molecule has 0 spiro atoms. The van der Waals surface area contributed by atoms with Crippen molar-refractivity contribution >= 4 is 29.1 Å². The fourth-order valence-electron chi connectivity index (χ4n) is 4.04. The molecule has 134 valence electrons. The Morgan fingerprint density at radius 3 is 2.24 bits per heavy atom. The molecule has 2 fully saturated rings. The molecule has 6 nitrogen and oxygen atoms in total. The molecular formula is C19H25N3O3. The van der Waals surface area contributed by atoms with E-state index in [1.807, 2.05) is 0 Å². The minimum absolute atomic E-state index is 0.140. The molecule has 0 saturated carbocycles. The summed E-state index contributed by atoms with van der Waals surface area (Å²) in [6.07, 6.45) is 1.41. The number of anilines is 2. The van der Waals surface area contributed by atoms with Gasteiger partial charge in [0.15, 0.2) is 0 Å². The van der Waals surface area contributed by atoms with Crippen LogP contribution in [0, 0.1) is 11.8 Å². The molecule has 2 aliphatic rings. The van der Waals surface area contributed by atoms with Crippen LogP contribution in [0.3, 0.4) is 0 Å². The quantitative estimate of drug-likeness (QED) is 0.855. The summed E-state index contributed by atoms with van der Waals surface area (Å²) in [4.78, 5) is 39.9. The van der Waals surface area contributed by atoms with Crippen molar-refractivity contribution in [1.82, 2.24) is 4.90 Å². The van der Waals surface area contributed by atoms with Crippen molar-refractivity contribution < 1.29 is 14.4 Å². The lowest BCUT2D eigenvalue weighted by atomic mass is 9.90. The maximum absolute atomic E-state index is 12.9. The molecule has 0 aromatic heterocycles. The van der Waals surface area contributed by atoms with Crippen molar-refractivity contribution in [2.75, 3.05) is 23.3 Å². The average Bonchev–Trinajstić information content (AvgIpc) is 2.82. The molecule has 0 radical (unpaired) electrons. The topological polar surface area (TPSA) is 69.7 Å². The van der Waals surface area contributed by atoms with Crippen LogP contribution in [0.2, 0.25) is 0 Å². The largest absolute Gasteiger partial charge is 0.326 e. The van der Waals surface area contributed by atoms with Gasteiger partial charge in [-0.2, -0.15) is 0 Å². The number of imide groups is 1. The molecule has 1 N–H and O–H groups in total. The molecule has 2 heterocycles. The number of carbonyl (C=O) groups excluding carboxylic acids is 3. The van der Waals surface area contributed by atoms with Gasteiger partial charge in [-0.3, -0.25) is 19.3 Å². The summed E-state index contributed by atoms with van der Waals surface area (Å²) < 4.78 is 0. The van der Waals surface area contributed by atoms with E-state index in [0.29, 0.717) is 23.2 Å². The maximum atomic E-state index is 12.9. The Bertz CT molecular complexity index is 676. The van der Waals surface area contributed by atoms with Crippen molar-refractivity contribution in [2.45, 2.75) is 39.7 Å². The van der Waals surface area contributed by atoms with E-state index in [0.717, 1.165) is 13.1 Å². The number of carbonyl (C=O) groups is 3. The second-order valence-corrected chi connectivity index (χ2v) is 7.42. The number of nitrogens with zero attached hydrogens (tertiary/aromatic N) is 2. The molecule has 3 rings (SSSR count). The van der Waals surface area contributed by atoms with Gasteiger partial charge in [0.2, 0.25) is 11.8 Å². The van der Waals surface area contributed by atoms with E-state index < -0.39 is 0 Å². The van der Waals surface area contributed by atoms with Crippen LogP contribution >= 0.6 is 0 Å². The average molecular weight is 343 g/mol. The first-order valence-electron chi connectivity index (χ1n) is 8.83. The molecule has 1 aromatic rings. The zero-order valence-electron chi connectivity index (χ0n) is 15.0. The molecule has 3 atom stereocenters. The highest BCUT2D eigenvalue weighted by Crippen LogP contribution is 2.30. The highest BCUT2D eigenvalue weighted by molar-refractivity contribution is 6.22. The summed E-state index contributed by atoms with van der Waals surface area (Å²) in [5.74, 6) is 0.622. The monoisotopic (exact) mass is 343 g/mol. The van der Waals surface area contributed by atoms with Gasteiger partial charge in [-0.05, 0) is 42.5 Å².